The lowest BCUT2D eigenvalue weighted by Gasteiger charge is -2.22. The predicted molar refractivity (Wildman–Crippen MR) is 101 cm³/mol. The van der Waals surface area contributed by atoms with Gasteiger partial charge in [-0.25, -0.2) is 15.0 Å². The third-order valence-electron chi connectivity index (χ3n) is 4.46. The fourth-order valence-corrected chi connectivity index (χ4v) is 3.19. The molecule has 3 aromatic rings. The van der Waals surface area contributed by atoms with E-state index in [0.717, 1.165) is 11.1 Å². The SMILES string of the molecule is CCC(CC)(P=O)c1nc(-c2ccccc2)nc(-c2ccccc2)n1. The molecule has 0 aliphatic carbocycles. The molecule has 0 aliphatic rings. The third kappa shape index (κ3) is 3.49. The summed E-state index contributed by atoms with van der Waals surface area (Å²) in [7, 11) is 0.0387. The van der Waals surface area contributed by atoms with Crippen LogP contribution in [0.4, 0.5) is 0 Å². The van der Waals surface area contributed by atoms with Crippen LogP contribution in [0.3, 0.4) is 0 Å². The van der Waals surface area contributed by atoms with Gasteiger partial charge in [0, 0.05) is 11.1 Å². The van der Waals surface area contributed by atoms with Crippen molar-refractivity contribution in [1.82, 2.24) is 15.0 Å². The van der Waals surface area contributed by atoms with Crippen molar-refractivity contribution < 1.29 is 4.57 Å². The van der Waals surface area contributed by atoms with Crippen LogP contribution in [0, 0.1) is 0 Å². The Morgan fingerprint density at radius 2 is 1.20 bits per heavy atom. The van der Waals surface area contributed by atoms with Crippen LogP contribution in [0.2, 0.25) is 0 Å². The zero-order valence-corrected chi connectivity index (χ0v) is 15.3. The molecule has 0 amide bonds. The van der Waals surface area contributed by atoms with E-state index in [1.165, 1.54) is 0 Å². The van der Waals surface area contributed by atoms with Crippen LogP contribution in [0.1, 0.15) is 32.5 Å². The largest absolute Gasteiger partial charge is 0.274 e. The second kappa shape index (κ2) is 7.62. The number of rotatable bonds is 6. The van der Waals surface area contributed by atoms with Gasteiger partial charge in [0.25, 0.3) is 0 Å². The minimum absolute atomic E-state index is 0.0387. The van der Waals surface area contributed by atoms with E-state index < -0.39 is 5.16 Å². The summed E-state index contributed by atoms with van der Waals surface area (Å²) in [6.45, 7) is 4.03. The Labute approximate surface area is 149 Å². The molecule has 0 saturated carbocycles. The number of hydrogen-bond acceptors (Lipinski definition) is 4. The summed E-state index contributed by atoms with van der Waals surface area (Å²) in [6.07, 6.45) is 1.39. The molecule has 5 heteroatoms. The monoisotopic (exact) mass is 349 g/mol. The summed E-state index contributed by atoms with van der Waals surface area (Å²) < 4.78 is 12.0. The van der Waals surface area contributed by atoms with Gasteiger partial charge in [0.15, 0.2) is 25.9 Å². The van der Waals surface area contributed by atoms with E-state index >= 15 is 0 Å². The molecule has 0 atom stereocenters. The molecule has 126 valence electrons. The fourth-order valence-electron chi connectivity index (χ4n) is 2.75. The Bertz CT molecular complexity index is 792. The molecule has 1 aromatic heterocycles. The molecule has 0 N–H and O–H groups in total. The van der Waals surface area contributed by atoms with Crippen LogP contribution < -0.4 is 0 Å². The average molecular weight is 349 g/mol. The lowest BCUT2D eigenvalue weighted by molar-refractivity contribution is 0.499. The second-order valence-electron chi connectivity index (χ2n) is 5.87. The molecule has 0 aliphatic heterocycles. The minimum Gasteiger partial charge on any atom is -0.274 e. The maximum absolute atomic E-state index is 12.0. The molecule has 0 spiro atoms. The smallest absolute Gasteiger partial charge is 0.170 e. The van der Waals surface area contributed by atoms with Crippen LogP contribution in [-0.4, -0.2) is 15.0 Å². The van der Waals surface area contributed by atoms with E-state index in [-0.39, 0.29) is 8.46 Å². The minimum atomic E-state index is -0.587. The average Bonchev–Trinajstić information content (AvgIpc) is 2.71. The molecule has 3 rings (SSSR count). The van der Waals surface area contributed by atoms with Crippen molar-refractivity contribution in [2.45, 2.75) is 31.8 Å². The fraction of sp³-hybridized carbons (Fsp3) is 0.250. The van der Waals surface area contributed by atoms with Gasteiger partial charge in [0.05, 0.1) is 0 Å². The Morgan fingerprint density at radius 1 is 0.760 bits per heavy atom. The van der Waals surface area contributed by atoms with Gasteiger partial charge in [0.1, 0.15) is 5.16 Å². The second-order valence-corrected chi connectivity index (χ2v) is 6.91. The van der Waals surface area contributed by atoms with E-state index in [1.807, 2.05) is 74.5 Å². The molecule has 0 unspecified atom stereocenters. The third-order valence-corrected chi connectivity index (χ3v) is 5.64. The van der Waals surface area contributed by atoms with E-state index in [0.29, 0.717) is 30.3 Å². The van der Waals surface area contributed by atoms with Crippen molar-refractivity contribution in [1.29, 1.82) is 0 Å². The molecule has 4 nitrogen and oxygen atoms in total. The van der Waals surface area contributed by atoms with Crippen LogP contribution in [-0.2, 0) is 9.72 Å². The summed E-state index contributed by atoms with van der Waals surface area (Å²) in [6, 6.07) is 19.7. The maximum Gasteiger partial charge on any atom is 0.170 e. The van der Waals surface area contributed by atoms with Gasteiger partial charge in [-0.2, -0.15) is 0 Å². The Morgan fingerprint density at radius 3 is 1.56 bits per heavy atom. The first-order valence-electron chi connectivity index (χ1n) is 8.44. The molecule has 2 aromatic carbocycles. The van der Waals surface area contributed by atoms with Crippen LogP contribution >= 0.6 is 8.46 Å². The Kier molecular flexibility index (Phi) is 5.30. The Balaban J connectivity index is 2.23. The molecule has 0 fully saturated rings. The van der Waals surface area contributed by atoms with Gasteiger partial charge in [-0.05, 0) is 12.8 Å². The zero-order chi connectivity index (χ0) is 17.7. The first-order chi connectivity index (χ1) is 12.2. The van der Waals surface area contributed by atoms with Crippen LogP contribution in [0.15, 0.2) is 60.7 Å². The summed E-state index contributed by atoms with van der Waals surface area (Å²) >= 11 is 0. The summed E-state index contributed by atoms with van der Waals surface area (Å²) in [5, 5.41) is -0.587. The maximum atomic E-state index is 12.0. The van der Waals surface area contributed by atoms with Gasteiger partial charge in [0.2, 0.25) is 0 Å². The number of hydrogen-bond donors (Lipinski definition) is 0. The number of aromatic nitrogens is 3. The molecule has 0 bridgehead atoms. The molecule has 1 heterocycles. The lowest BCUT2D eigenvalue weighted by Crippen LogP contribution is -2.21. The summed E-state index contributed by atoms with van der Waals surface area (Å²) in [4.78, 5) is 14.0. The van der Waals surface area contributed by atoms with Gasteiger partial charge >= 0.3 is 0 Å². The molecule has 25 heavy (non-hydrogen) atoms. The van der Waals surface area contributed by atoms with Gasteiger partial charge in [-0.15, -0.1) is 0 Å². The highest BCUT2D eigenvalue weighted by atomic mass is 31.1. The van der Waals surface area contributed by atoms with Crippen molar-refractivity contribution in [2.75, 3.05) is 0 Å². The van der Waals surface area contributed by atoms with Crippen molar-refractivity contribution in [2.24, 2.45) is 0 Å². The highest BCUT2D eigenvalue weighted by molar-refractivity contribution is 7.25. The topological polar surface area (TPSA) is 55.7 Å². The van der Waals surface area contributed by atoms with Crippen molar-refractivity contribution in [3.8, 4) is 22.8 Å². The quantitative estimate of drug-likeness (QED) is 0.550. The van der Waals surface area contributed by atoms with Crippen LogP contribution in [0.5, 0.6) is 0 Å². The molecule has 0 saturated heterocycles. The summed E-state index contributed by atoms with van der Waals surface area (Å²) in [5.74, 6) is 1.81. The van der Waals surface area contributed by atoms with Gasteiger partial charge in [-0.1, -0.05) is 74.5 Å². The predicted octanol–water partition coefficient (Wildman–Crippen LogP) is 5.51. The van der Waals surface area contributed by atoms with Crippen molar-refractivity contribution in [3.05, 3.63) is 66.5 Å². The van der Waals surface area contributed by atoms with Crippen molar-refractivity contribution in [3.63, 3.8) is 0 Å². The highest BCUT2D eigenvalue weighted by Gasteiger charge is 2.34. The summed E-state index contributed by atoms with van der Waals surface area (Å²) in [5.41, 5.74) is 1.85. The molecular weight excluding hydrogens is 329 g/mol. The lowest BCUT2D eigenvalue weighted by atomic mass is 10.0. The molecular formula is C20H20N3OP. The van der Waals surface area contributed by atoms with E-state index in [2.05, 4.69) is 15.0 Å². The van der Waals surface area contributed by atoms with E-state index in [4.69, 9.17) is 0 Å². The first kappa shape index (κ1) is 17.4. The highest BCUT2D eigenvalue weighted by Crippen LogP contribution is 2.40. The Hall–Kier alpha value is -2.45. The number of nitrogens with zero attached hydrogens (tertiary/aromatic N) is 3. The van der Waals surface area contributed by atoms with Crippen LogP contribution in [0.25, 0.3) is 22.8 Å². The number of benzene rings is 2. The van der Waals surface area contributed by atoms with Crippen molar-refractivity contribution >= 4 is 8.46 Å². The normalized spacial score (nSPS) is 11.6. The zero-order valence-electron chi connectivity index (χ0n) is 14.4. The first-order valence-corrected chi connectivity index (χ1v) is 9.25. The van der Waals surface area contributed by atoms with E-state index in [1.54, 1.807) is 0 Å². The van der Waals surface area contributed by atoms with Gasteiger partial charge < -0.3 is 0 Å². The van der Waals surface area contributed by atoms with Gasteiger partial charge in [-0.3, -0.25) is 4.57 Å². The molecule has 0 radical (unpaired) electrons. The van der Waals surface area contributed by atoms with E-state index in [9.17, 15) is 4.57 Å². The standard InChI is InChI=1S/C20H20N3OP/c1-3-20(4-2,25-24)19-22-17(15-11-7-5-8-12-15)21-18(23-19)16-13-9-6-10-14-16/h5-14H,3-4H2,1-2H3.